The van der Waals surface area contributed by atoms with Crippen molar-refractivity contribution in [1.29, 1.82) is 0 Å². The van der Waals surface area contributed by atoms with Crippen molar-refractivity contribution in [1.82, 2.24) is 0 Å². The minimum Gasteiger partial charge on any atom is -0.454 e. The van der Waals surface area contributed by atoms with Crippen LogP contribution in [0.5, 0.6) is 23.0 Å². The molecule has 334 valence electrons. The van der Waals surface area contributed by atoms with Crippen molar-refractivity contribution in [2.24, 2.45) is 0 Å². The van der Waals surface area contributed by atoms with Crippen LogP contribution in [0, 0.1) is 3.77 Å². The molecule has 0 N–H and O–H groups in total. The molecule has 0 bridgehead atoms. The summed E-state index contributed by atoms with van der Waals surface area (Å²) in [6, 6.07) is 27.7. The normalized spacial score (nSPS) is 12.0. The predicted molar refractivity (Wildman–Crippen MR) is 244 cm³/mol. The zero-order valence-corrected chi connectivity index (χ0v) is 39.7. The summed E-state index contributed by atoms with van der Waals surface area (Å²) in [5, 5.41) is 0. The Balaban J connectivity index is 1.68. The standard InChI is InChI=1S/C49H53IO13/c1-46(2,3)60-42(51)55-33-19-13-29(14-20-33)31-17-23-37(58-44(53)62-48(7,8)9)35(27-31)41(39-25-26-40(50)57-39)36-28-32(18-24-38(36)59-45(54)63-49(10,11)12)30-15-21-34(22-16-30)56-43(52)61-47(4,5)6/h13-28,41H,1-12H3. The molecule has 0 aliphatic rings. The summed E-state index contributed by atoms with van der Waals surface area (Å²) in [4.78, 5) is 51.5. The Labute approximate surface area is 381 Å². The maximum Gasteiger partial charge on any atom is 0.514 e. The van der Waals surface area contributed by atoms with Crippen LogP contribution in [-0.2, 0) is 18.9 Å². The Morgan fingerprint density at radius 1 is 0.429 bits per heavy atom. The molecule has 0 saturated carbocycles. The van der Waals surface area contributed by atoms with E-state index in [-0.39, 0.29) is 23.0 Å². The molecule has 0 fully saturated rings. The maximum absolute atomic E-state index is 13.3. The number of halogens is 1. The monoisotopic (exact) mass is 976 g/mol. The Morgan fingerprint density at radius 3 is 1.05 bits per heavy atom. The van der Waals surface area contributed by atoms with E-state index in [0.717, 1.165) is 11.1 Å². The van der Waals surface area contributed by atoms with E-state index in [1.807, 2.05) is 12.1 Å². The van der Waals surface area contributed by atoms with Crippen LogP contribution in [0.15, 0.2) is 101 Å². The number of hydrogen-bond donors (Lipinski definition) is 0. The van der Waals surface area contributed by atoms with Crippen LogP contribution < -0.4 is 18.9 Å². The largest absolute Gasteiger partial charge is 0.514 e. The van der Waals surface area contributed by atoms with Gasteiger partial charge in [-0.25, -0.2) is 19.2 Å². The van der Waals surface area contributed by atoms with Gasteiger partial charge in [-0.3, -0.25) is 0 Å². The first kappa shape index (κ1) is 48.0. The van der Waals surface area contributed by atoms with Gasteiger partial charge in [-0.05, 0) is 189 Å². The molecule has 0 unspecified atom stereocenters. The summed E-state index contributed by atoms with van der Waals surface area (Å²) in [5.41, 5.74) is 0.467. The van der Waals surface area contributed by atoms with Crippen LogP contribution in [-0.4, -0.2) is 47.0 Å². The van der Waals surface area contributed by atoms with Gasteiger partial charge in [0.15, 0.2) is 3.77 Å². The number of carbonyl (C=O) groups is 4. The van der Waals surface area contributed by atoms with Crippen LogP contribution in [0.2, 0.25) is 0 Å². The average molecular weight is 977 g/mol. The summed E-state index contributed by atoms with van der Waals surface area (Å²) in [5.74, 6) is 0.322. The summed E-state index contributed by atoms with van der Waals surface area (Å²) in [6.45, 7) is 20.8. The quantitative estimate of drug-likeness (QED) is 0.0596. The van der Waals surface area contributed by atoms with Crippen LogP contribution in [0.3, 0.4) is 0 Å². The number of furan rings is 1. The number of benzene rings is 4. The van der Waals surface area contributed by atoms with Crippen molar-refractivity contribution in [2.75, 3.05) is 0 Å². The highest BCUT2D eigenvalue weighted by atomic mass is 127. The zero-order valence-electron chi connectivity index (χ0n) is 37.5. The molecule has 0 amide bonds. The third-order valence-corrected chi connectivity index (χ3v) is 8.82. The molecule has 63 heavy (non-hydrogen) atoms. The van der Waals surface area contributed by atoms with E-state index in [1.165, 1.54) is 0 Å². The maximum atomic E-state index is 13.3. The fourth-order valence-corrected chi connectivity index (χ4v) is 6.37. The molecule has 0 spiro atoms. The van der Waals surface area contributed by atoms with Crippen LogP contribution in [0.4, 0.5) is 19.2 Å². The second-order valence-corrected chi connectivity index (χ2v) is 19.5. The van der Waals surface area contributed by atoms with Gasteiger partial charge in [-0.2, -0.15) is 0 Å². The fourth-order valence-electron chi connectivity index (χ4n) is 5.94. The van der Waals surface area contributed by atoms with Crippen molar-refractivity contribution >= 4 is 47.2 Å². The fraction of sp³-hybridized carbons (Fsp3) is 0.347. The second-order valence-electron chi connectivity index (χ2n) is 18.4. The van der Waals surface area contributed by atoms with Gasteiger partial charge in [0.1, 0.15) is 51.2 Å². The van der Waals surface area contributed by atoms with Crippen molar-refractivity contribution in [2.45, 2.75) is 111 Å². The lowest BCUT2D eigenvalue weighted by atomic mass is 9.85. The molecular weight excluding hydrogens is 923 g/mol. The highest BCUT2D eigenvalue weighted by Gasteiger charge is 2.32. The Bertz CT molecular complexity index is 2270. The van der Waals surface area contributed by atoms with E-state index < -0.39 is 52.9 Å². The first-order chi connectivity index (χ1) is 29.2. The molecule has 0 aliphatic heterocycles. The predicted octanol–water partition coefficient (Wildman–Crippen LogP) is 13.7. The first-order valence-electron chi connectivity index (χ1n) is 20.1. The molecular formula is C49H53IO13. The molecule has 14 heteroatoms. The molecule has 1 aromatic heterocycles. The van der Waals surface area contributed by atoms with Crippen molar-refractivity contribution < 1.29 is 61.5 Å². The summed E-state index contributed by atoms with van der Waals surface area (Å²) < 4.78 is 51.4. The Hall–Kier alpha value is -6.03. The number of carbonyl (C=O) groups excluding carboxylic acids is 4. The van der Waals surface area contributed by atoms with Crippen molar-refractivity contribution in [3.63, 3.8) is 0 Å². The molecule has 0 saturated heterocycles. The third-order valence-electron chi connectivity index (χ3n) is 8.24. The van der Waals surface area contributed by atoms with Crippen molar-refractivity contribution in [3.05, 3.63) is 118 Å². The number of rotatable bonds is 9. The molecule has 0 radical (unpaired) electrons. The van der Waals surface area contributed by atoms with Crippen LogP contribution in [0.1, 0.15) is 106 Å². The topological polar surface area (TPSA) is 155 Å². The third kappa shape index (κ3) is 14.8. The van der Waals surface area contributed by atoms with E-state index in [4.69, 9.17) is 42.3 Å². The van der Waals surface area contributed by atoms with Gasteiger partial charge in [0.2, 0.25) is 0 Å². The van der Waals surface area contributed by atoms with E-state index in [1.54, 1.807) is 168 Å². The lowest BCUT2D eigenvalue weighted by Crippen LogP contribution is -2.26. The minimum absolute atomic E-state index is 0.131. The van der Waals surface area contributed by atoms with E-state index in [9.17, 15) is 19.2 Å². The SMILES string of the molecule is CC(C)(C)OC(=O)Oc1ccc(-c2ccc(OC(=O)OC(C)(C)C)c(C(c3ccc(I)o3)c3cc(-c4ccc(OC(=O)OC(C)(C)C)cc4)ccc3OC(=O)OC(C)(C)C)c2)cc1. The molecule has 0 atom stereocenters. The van der Waals surface area contributed by atoms with Gasteiger partial charge in [-0.15, -0.1) is 0 Å². The second kappa shape index (κ2) is 19.2. The lowest BCUT2D eigenvalue weighted by Gasteiger charge is -2.25. The molecule has 13 nitrogen and oxygen atoms in total. The van der Waals surface area contributed by atoms with Gasteiger partial charge in [0.05, 0.1) is 5.92 Å². The van der Waals surface area contributed by atoms with Crippen molar-refractivity contribution in [3.8, 4) is 45.3 Å². The Kier molecular flexibility index (Phi) is 14.6. The average Bonchev–Trinajstić information content (AvgIpc) is 3.55. The van der Waals surface area contributed by atoms with E-state index in [2.05, 4.69) is 22.6 Å². The Morgan fingerprint density at radius 2 is 0.746 bits per heavy atom. The van der Waals surface area contributed by atoms with E-state index >= 15 is 0 Å². The summed E-state index contributed by atoms with van der Waals surface area (Å²) >= 11 is 2.06. The summed E-state index contributed by atoms with van der Waals surface area (Å²) in [7, 11) is 0. The van der Waals surface area contributed by atoms with Gasteiger partial charge in [0.25, 0.3) is 0 Å². The highest BCUT2D eigenvalue weighted by Crippen LogP contribution is 2.45. The summed E-state index contributed by atoms with van der Waals surface area (Å²) in [6.07, 6.45) is -3.57. The molecule has 0 aliphatic carbocycles. The smallest absolute Gasteiger partial charge is 0.454 e. The van der Waals surface area contributed by atoms with Gasteiger partial charge in [0, 0.05) is 11.1 Å². The first-order valence-corrected chi connectivity index (χ1v) is 21.2. The van der Waals surface area contributed by atoms with Gasteiger partial charge < -0.3 is 42.3 Å². The molecule has 1 heterocycles. The minimum atomic E-state index is -0.944. The molecule has 5 aromatic rings. The van der Waals surface area contributed by atoms with Gasteiger partial charge in [-0.1, -0.05) is 36.4 Å². The zero-order chi connectivity index (χ0) is 46.5. The lowest BCUT2D eigenvalue weighted by molar-refractivity contribution is 0.0190. The van der Waals surface area contributed by atoms with Crippen LogP contribution >= 0.6 is 22.6 Å². The molecule has 4 aromatic carbocycles. The highest BCUT2D eigenvalue weighted by molar-refractivity contribution is 14.1. The number of hydrogen-bond acceptors (Lipinski definition) is 13. The number of ether oxygens (including phenoxy) is 8. The van der Waals surface area contributed by atoms with Gasteiger partial charge >= 0.3 is 24.6 Å². The molecule has 5 rings (SSSR count). The van der Waals surface area contributed by atoms with Crippen LogP contribution in [0.25, 0.3) is 22.3 Å². The van der Waals surface area contributed by atoms with E-state index in [0.29, 0.717) is 31.8 Å².